The molecule has 0 aromatic carbocycles. The van der Waals surface area contributed by atoms with Gasteiger partial charge in [-0.3, -0.25) is 4.79 Å². The molecular formula is C8H15N3O2S. The Bertz CT molecular complexity index is 227. The van der Waals surface area contributed by atoms with Crippen LogP contribution < -0.4 is 11.1 Å². The van der Waals surface area contributed by atoms with Crippen LogP contribution in [0.3, 0.4) is 0 Å². The lowest BCUT2D eigenvalue weighted by atomic mass is 10.1. The van der Waals surface area contributed by atoms with Crippen molar-refractivity contribution in [2.75, 3.05) is 18.8 Å². The third kappa shape index (κ3) is 3.10. The van der Waals surface area contributed by atoms with Crippen LogP contribution >= 0.6 is 12.6 Å². The maximum atomic E-state index is 11.0. The third-order valence-corrected chi connectivity index (χ3v) is 2.60. The average molecular weight is 217 g/mol. The summed E-state index contributed by atoms with van der Waals surface area (Å²) in [6.45, 7) is 1.24. The fourth-order valence-corrected chi connectivity index (χ4v) is 1.61. The van der Waals surface area contributed by atoms with E-state index >= 15 is 0 Å². The van der Waals surface area contributed by atoms with Crippen molar-refractivity contribution in [3.05, 3.63) is 0 Å². The number of nitrogens with one attached hydrogen (secondary N) is 1. The zero-order valence-electron chi connectivity index (χ0n) is 7.90. The Kier molecular flexibility index (Phi) is 4.06. The molecule has 0 aliphatic carbocycles. The van der Waals surface area contributed by atoms with Gasteiger partial charge in [-0.25, -0.2) is 4.79 Å². The SMILES string of the molecule is NC(=O)N1CCC(NC(=O)CS)CC1. The molecule has 1 saturated heterocycles. The topological polar surface area (TPSA) is 75.4 Å². The van der Waals surface area contributed by atoms with Gasteiger partial charge in [0.05, 0.1) is 5.75 Å². The van der Waals surface area contributed by atoms with Gasteiger partial charge in [0, 0.05) is 19.1 Å². The number of thiol groups is 1. The van der Waals surface area contributed by atoms with Gasteiger partial charge in [0.2, 0.25) is 5.91 Å². The number of hydrogen-bond donors (Lipinski definition) is 3. The molecule has 1 rings (SSSR count). The monoisotopic (exact) mass is 217 g/mol. The Hall–Kier alpha value is -0.910. The minimum Gasteiger partial charge on any atom is -0.353 e. The van der Waals surface area contributed by atoms with E-state index in [2.05, 4.69) is 17.9 Å². The van der Waals surface area contributed by atoms with Gasteiger partial charge in [0.1, 0.15) is 0 Å². The normalized spacial score (nSPS) is 17.9. The summed E-state index contributed by atoms with van der Waals surface area (Å²) in [5.41, 5.74) is 5.13. The van der Waals surface area contributed by atoms with Crippen molar-refractivity contribution in [1.29, 1.82) is 0 Å². The minimum atomic E-state index is -0.385. The van der Waals surface area contributed by atoms with Crippen LogP contribution in [0.25, 0.3) is 0 Å². The van der Waals surface area contributed by atoms with Crippen molar-refractivity contribution in [1.82, 2.24) is 10.2 Å². The van der Waals surface area contributed by atoms with Crippen molar-refractivity contribution in [2.45, 2.75) is 18.9 Å². The summed E-state index contributed by atoms with van der Waals surface area (Å²) < 4.78 is 0. The summed E-state index contributed by atoms with van der Waals surface area (Å²) in [4.78, 5) is 23.4. The predicted octanol–water partition coefficient (Wildman–Crippen LogP) is -0.424. The molecule has 3 amide bonds. The maximum Gasteiger partial charge on any atom is 0.314 e. The van der Waals surface area contributed by atoms with E-state index in [1.165, 1.54) is 0 Å². The molecule has 5 nitrogen and oxygen atoms in total. The van der Waals surface area contributed by atoms with Crippen molar-refractivity contribution in [2.24, 2.45) is 5.73 Å². The molecule has 3 N–H and O–H groups in total. The lowest BCUT2D eigenvalue weighted by Gasteiger charge is -2.31. The Labute approximate surface area is 88.4 Å². The van der Waals surface area contributed by atoms with E-state index in [-0.39, 0.29) is 23.7 Å². The van der Waals surface area contributed by atoms with Crippen molar-refractivity contribution >= 4 is 24.6 Å². The number of carbonyl (C=O) groups is 2. The molecule has 0 atom stereocenters. The highest BCUT2D eigenvalue weighted by Gasteiger charge is 2.21. The average Bonchev–Trinajstić information content (AvgIpc) is 2.18. The second kappa shape index (κ2) is 5.09. The van der Waals surface area contributed by atoms with Gasteiger partial charge in [-0.15, -0.1) is 0 Å². The highest BCUT2D eigenvalue weighted by Crippen LogP contribution is 2.09. The van der Waals surface area contributed by atoms with E-state index < -0.39 is 0 Å². The van der Waals surface area contributed by atoms with Crippen molar-refractivity contribution in [3.63, 3.8) is 0 Å². The van der Waals surface area contributed by atoms with Gasteiger partial charge in [-0.1, -0.05) is 0 Å². The summed E-state index contributed by atoms with van der Waals surface area (Å²) in [5, 5.41) is 2.83. The van der Waals surface area contributed by atoms with Crippen LogP contribution in [0.4, 0.5) is 4.79 Å². The number of nitrogens with two attached hydrogens (primary N) is 1. The van der Waals surface area contributed by atoms with E-state index in [0.29, 0.717) is 13.1 Å². The number of likely N-dealkylation sites (tertiary alicyclic amines) is 1. The molecule has 0 unspecified atom stereocenters. The van der Waals surface area contributed by atoms with Crippen LogP contribution in [0.2, 0.25) is 0 Å². The first-order valence-electron chi connectivity index (χ1n) is 4.58. The highest BCUT2D eigenvalue weighted by atomic mass is 32.1. The summed E-state index contributed by atoms with van der Waals surface area (Å²) >= 11 is 3.87. The van der Waals surface area contributed by atoms with Crippen LogP contribution in [0.5, 0.6) is 0 Å². The zero-order chi connectivity index (χ0) is 10.6. The molecule has 0 aromatic rings. The third-order valence-electron chi connectivity index (χ3n) is 2.32. The quantitative estimate of drug-likeness (QED) is 0.549. The molecule has 1 aliphatic rings. The fraction of sp³-hybridized carbons (Fsp3) is 0.750. The molecule has 6 heteroatoms. The van der Waals surface area contributed by atoms with Gasteiger partial charge in [0.15, 0.2) is 0 Å². The Balaban J connectivity index is 2.29. The van der Waals surface area contributed by atoms with Crippen LogP contribution in [0, 0.1) is 0 Å². The first-order valence-corrected chi connectivity index (χ1v) is 5.21. The summed E-state index contributed by atoms with van der Waals surface area (Å²) in [6, 6.07) is -0.228. The summed E-state index contributed by atoms with van der Waals surface area (Å²) in [7, 11) is 0. The first kappa shape index (κ1) is 11.2. The molecule has 1 heterocycles. The molecule has 0 spiro atoms. The number of amides is 3. The van der Waals surface area contributed by atoms with Gasteiger partial charge < -0.3 is 16.0 Å². The van der Waals surface area contributed by atoms with Gasteiger partial charge in [0.25, 0.3) is 0 Å². The first-order chi connectivity index (χ1) is 6.63. The molecule has 0 bridgehead atoms. The molecular weight excluding hydrogens is 202 g/mol. The van der Waals surface area contributed by atoms with E-state index in [1.54, 1.807) is 4.90 Å². The molecule has 0 saturated carbocycles. The highest BCUT2D eigenvalue weighted by molar-refractivity contribution is 7.81. The van der Waals surface area contributed by atoms with E-state index in [0.717, 1.165) is 12.8 Å². The molecule has 14 heavy (non-hydrogen) atoms. The lowest BCUT2D eigenvalue weighted by Crippen LogP contribution is -2.48. The van der Waals surface area contributed by atoms with Gasteiger partial charge in [-0.05, 0) is 12.8 Å². The smallest absolute Gasteiger partial charge is 0.314 e. The summed E-state index contributed by atoms with van der Waals surface area (Å²) in [5.74, 6) is 0.140. The van der Waals surface area contributed by atoms with Crippen molar-refractivity contribution < 1.29 is 9.59 Å². The molecule has 1 aliphatic heterocycles. The second-order valence-electron chi connectivity index (χ2n) is 3.33. The number of primary amides is 1. The van der Waals surface area contributed by atoms with Gasteiger partial charge >= 0.3 is 6.03 Å². The Morgan fingerprint density at radius 2 is 2.00 bits per heavy atom. The lowest BCUT2D eigenvalue weighted by molar-refractivity contribution is -0.119. The Morgan fingerprint density at radius 3 is 2.43 bits per heavy atom. The number of hydrogen-bond acceptors (Lipinski definition) is 3. The fourth-order valence-electron chi connectivity index (χ4n) is 1.52. The number of urea groups is 1. The Morgan fingerprint density at radius 1 is 1.43 bits per heavy atom. The number of rotatable bonds is 2. The van der Waals surface area contributed by atoms with Crippen LogP contribution in [-0.2, 0) is 4.79 Å². The predicted molar refractivity (Wildman–Crippen MR) is 56.2 cm³/mol. The van der Waals surface area contributed by atoms with E-state index in [4.69, 9.17) is 5.73 Å². The summed E-state index contributed by atoms with van der Waals surface area (Å²) in [6.07, 6.45) is 1.53. The minimum absolute atomic E-state index is 0.0640. The standard InChI is InChI=1S/C8H15N3O2S/c9-8(13)11-3-1-6(2-4-11)10-7(12)5-14/h6,14H,1-5H2,(H2,9,13)(H,10,12). The van der Waals surface area contributed by atoms with Gasteiger partial charge in [-0.2, -0.15) is 12.6 Å². The second-order valence-corrected chi connectivity index (χ2v) is 3.64. The number of carbonyl (C=O) groups excluding carboxylic acids is 2. The van der Waals surface area contributed by atoms with E-state index in [1.807, 2.05) is 0 Å². The van der Waals surface area contributed by atoms with Crippen LogP contribution in [0.15, 0.2) is 0 Å². The van der Waals surface area contributed by atoms with E-state index in [9.17, 15) is 9.59 Å². The molecule has 1 fully saturated rings. The van der Waals surface area contributed by atoms with Crippen LogP contribution in [-0.4, -0.2) is 41.7 Å². The number of piperidine rings is 1. The largest absolute Gasteiger partial charge is 0.353 e. The maximum absolute atomic E-state index is 11.0. The molecule has 0 aromatic heterocycles. The molecule has 80 valence electrons. The van der Waals surface area contributed by atoms with Crippen LogP contribution in [0.1, 0.15) is 12.8 Å². The number of nitrogens with zero attached hydrogens (tertiary/aromatic N) is 1. The zero-order valence-corrected chi connectivity index (χ0v) is 8.80. The molecule has 0 radical (unpaired) electrons. The van der Waals surface area contributed by atoms with Crippen molar-refractivity contribution in [3.8, 4) is 0 Å².